The van der Waals surface area contributed by atoms with Crippen LogP contribution in [-0.4, -0.2) is 23.1 Å². The number of unbranched alkanes of at least 4 members (excludes halogenated alkanes) is 4. The zero-order chi connectivity index (χ0) is 16.4. The molecule has 124 valence electrons. The van der Waals surface area contributed by atoms with E-state index in [9.17, 15) is 0 Å². The second kappa shape index (κ2) is 11.1. The lowest BCUT2D eigenvalue weighted by atomic mass is 10.2. The van der Waals surface area contributed by atoms with E-state index >= 15 is 0 Å². The molecule has 0 amide bonds. The zero-order valence-corrected chi connectivity index (χ0v) is 15.8. The first-order valence-electron chi connectivity index (χ1n) is 8.10. The summed E-state index contributed by atoms with van der Waals surface area (Å²) in [7, 11) is 0. The first kappa shape index (κ1) is 19.5. The largest absolute Gasteiger partial charge is 0.349 e. The van der Waals surface area contributed by atoms with Crippen molar-refractivity contribution in [1.82, 2.24) is 4.90 Å². The molecule has 0 aliphatic heterocycles. The Morgan fingerprint density at radius 1 is 1.05 bits per heavy atom. The smallest absolute Gasteiger partial charge is 0.173 e. The predicted molar refractivity (Wildman–Crippen MR) is 103 cm³/mol. The Kier molecular flexibility index (Phi) is 9.85. The first-order chi connectivity index (χ1) is 10.6. The predicted octanol–water partition coefficient (Wildman–Crippen LogP) is 6.37. The second-order valence-electron chi connectivity index (χ2n) is 5.43. The molecule has 0 radical (unpaired) electrons. The van der Waals surface area contributed by atoms with Gasteiger partial charge >= 0.3 is 0 Å². The summed E-state index contributed by atoms with van der Waals surface area (Å²) in [6.45, 7) is 6.40. The number of anilines is 1. The minimum absolute atomic E-state index is 0.522. The average Bonchev–Trinajstić information content (AvgIpc) is 2.50. The van der Waals surface area contributed by atoms with Crippen LogP contribution >= 0.6 is 35.4 Å². The number of nitrogens with one attached hydrogen (secondary N) is 1. The molecular formula is C17H26Cl2N2S. The molecule has 0 fully saturated rings. The van der Waals surface area contributed by atoms with Gasteiger partial charge in [-0.15, -0.1) is 0 Å². The molecule has 0 saturated carbocycles. The van der Waals surface area contributed by atoms with E-state index in [-0.39, 0.29) is 0 Å². The van der Waals surface area contributed by atoms with Crippen molar-refractivity contribution in [1.29, 1.82) is 0 Å². The molecule has 0 aromatic heterocycles. The van der Waals surface area contributed by atoms with Crippen molar-refractivity contribution in [3.63, 3.8) is 0 Å². The van der Waals surface area contributed by atoms with Gasteiger partial charge in [-0.1, -0.05) is 68.8 Å². The van der Waals surface area contributed by atoms with Gasteiger partial charge in [-0.25, -0.2) is 0 Å². The van der Waals surface area contributed by atoms with Crippen LogP contribution in [0.1, 0.15) is 52.4 Å². The summed E-state index contributed by atoms with van der Waals surface area (Å²) in [5.74, 6) is 0. The van der Waals surface area contributed by atoms with Crippen molar-refractivity contribution >= 4 is 46.2 Å². The quantitative estimate of drug-likeness (QED) is 0.406. The summed E-state index contributed by atoms with van der Waals surface area (Å²) in [5, 5.41) is 5.04. The van der Waals surface area contributed by atoms with E-state index in [1.54, 1.807) is 6.07 Å². The van der Waals surface area contributed by atoms with Crippen molar-refractivity contribution in [3.05, 3.63) is 28.2 Å². The molecule has 0 heterocycles. The lowest BCUT2D eigenvalue weighted by Crippen LogP contribution is -2.36. The molecule has 5 heteroatoms. The highest BCUT2D eigenvalue weighted by Gasteiger charge is 2.12. The van der Waals surface area contributed by atoms with Crippen LogP contribution in [0.25, 0.3) is 0 Å². The van der Waals surface area contributed by atoms with Crippen LogP contribution in [0.4, 0.5) is 5.69 Å². The maximum atomic E-state index is 6.22. The van der Waals surface area contributed by atoms with Crippen LogP contribution < -0.4 is 5.32 Å². The molecule has 1 rings (SSSR count). The zero-order valence-electron chi connectivity index (χ0n) is 13.5. The van der Waals surface area contributed by atoms with Gasteiger partial charge in [-0.2, -0.15) is 0 Å². The van der Waals surface area contributed by atoms with Crippen molar-refractivity contribution in [2.45, 2.75) is 52.4 Å². The monoisotopic (exact) mass is 360 g/mol. The van der Waals surface area contributed by atoms with E-state index in [1.165, 1.54) is 25.7 Å². The molecule has 0 unspecified atom stereocenters. The molecule has 0 aliphatic carbocycles. The fourth-order valence-corrected chi connectivity index (χ4v) is 2.86. The highest BCUT2D eigenvalue weighted by Crippen LogP contribution is 2.29. The lowest BCUT2D eigenvalue weighted by Gasteiger charge is -2.26. The van der Waals surface area contributed by atoms with Gasteiger partial charge in [-0.3, -0.25) is 0 Å². The van der Waals surface area contributed by atoms with Gasteiger partial charge in [0.2, 0.25) is 0 Å². The Balaban J connectivity index is 2.66. The average molecular weight is 361 g/mol. The van der Waals surface area contributed by atoms with E-state index in [4.69, 9.17) is 35.4 Å². The van der Waals surface area contributed by atoms with Gasteiger partial charge < -0.3 is 10.2 Å². The summed E-state index contributed by atoms with van der Waals surface area (Å²) in [4.78, 5) is 2.25. The van der Waals surface area contributed by atoms with Crippen LogP contribution in [0, 0.1) is 0 Å². The Labute approximate surface area is 150 Å². The SMILES string of the molecule is CCCCCN(CCCCC)C(=S)Nc1cccc(Cl)c1Cl. The molecule has 2 nitrogen and oxygen atoms in total. The number of nitrogens with zero attached hydrogens (tertiary/aromatic N) is 1. The summed E-state index contributed by atoms with van der Waals surface area (Å²) >= 11 is 17.8. The summed E-state index contributed by atoms with van der Waals surface area (Å²) in [6, 6.07) is 5.55. The number of rotatable bonds is 9. The van der Waals surface area contributed by atoms with Crippen LogP contribution in [-0.2, 0) is 0 Å². The molecule has 0 spiro atoms. The van der Waals surface area contributed by atoms with E-state index in [0.717, 1.165) is 36.7 Å². The van der Waals surface area contributed by atoms with Gasteiger partial charge in [0.1, 0.15) is 0 Å². The standard InChI is InChI=1S/C17H26Cl2N2S/c1-3-5-7-12-21(13-8-6-4-2)17(22)20-15-11-9-10-14(18)16(15)19/h9-11H,3-8,12-13H2,1-2H3,(H,20,22). The van der Waals surface area contributed by atoms with Crippen LogP contribution in [0.15, 0.2) is 18.2 Å². The number of hydrogen-bond donors (Lipinski definition) is 1. The third kappa shape index (κ3) is 6.72. The number of benzene rings is 1. The maximum Gasteiger partial charge on any atom is 0.173 e. The summed E-state index contributed by atoms with van der Waals surface area (Å²) in [5.41, 5.74) is 0.773. The maximum absolute atomic E-state index is 6.22. The minimum Gasteiger partial charge on any atom is -0.349 e. The Morgan fingerprint density at radius 3 is 2.18 bits per heavy atom. The van der Waals surface area contributed by atoms with E-state index in [1.807, 2.05) is 12.1 Å². The molecule has 1 N–H and O–H groups in total. The van der Waals surface area contributed by atoms with Crippen molar-refractivity contribution in [3.8, 4) is 0 Å². The lowest BCUT2D eigenvalue weighted by molar-refractivity contribution is 0.395. The Hall–Kier alpha value is -0.510. The molecule has 0 atom stereocenters. The van der Waals surface area contributed by atoms with Crippen molar-refractivity contribution < 1.29 is 0 Å². The van der Waals surface area contributed by atoms with Crippen molar-refractivity contribution in [2.24, 2.45) is 0 Å². The number of halogens is 2. The fraction of sp³-hybridized carbons (Fsp3) is 0.588. The van der Waals surface area contributed by atoms with Gasteiger partial charge in [0.05, 0.1) is 15.7 Å². The van der Waals surface area contributed by atoms with Gasteiger partial charge in [0.15, 0.2) is 5.11 Å². The Bertz CT molecular complexity index is 456. The highest BCUT2D eigenvalue weighted by atomic mass is 35.5. The molecule has 1 aromatic rings. The second-order valence-corrected chi connectivity index (χ2v) is 6.60. The van der Waals surface area contributed by atoms with Crippen LogP contribution in [0.2, 0.25) is 10.0 Å². The third-order valence-corrected chi connectivity index (χ3v) is 4.72. The molecule has 1 aromatic carbocycles. The summed E-state index contributed by atoms with van der Waals surface area (Å²) in [6.07, 6.45) is 7.20. The van der Waals surface area contributed by atoms with E-state index in [0.29, 0.717) is 10.0 Å². The van der Waals surface area contributed by atoms with Crippen LogP contribution in [0.5, 0.6) is 0 Å². The normalized spacial score (nSPS) is 10.5. The van der Waals surface area contributed by atoms with Gasteiger partial charge in [0.25, 0.3) is 0 Å². The molecule has 0 aliphatic rings. The topological polar surface area (TPSA) is 15.3 Å². The number of hydrogen-bond acceptors (Lipinski definition) is 1. The first-order valence-corrected chi connectivity index (χ1v) is 9.26. The minimum atomic E-state index is 0.522. The summed E-state index contributed by atoms with van der Waals surface area (Å²) < 4.78 is 0. The van der Waals surface area contributed by atoms with E-state index in [2.05, 4.69) is 24.1 Å². The highest BCUT2D eigenvalue weighted by molar-refractivity contribution is 7.80. The fourth-order valence-electron chi connectivity index (χ4n) is 2.21. The van der Waals surface area contributed by atoms with E-state index < -0.39 is 0 Å². The van der Waals surface area contributed by atoms with Gasteiger partial charge in [0, 0.05) is 13.1 Å². The molecule has 0 saturated heterocycles. The molecule has 22 heavy (non-hydrogen) atoms. The van der Waals surface area contributed by atoms with Gasteiger partial charge in [-0.05, 0) is 37.2 Å². The van der Waals surface area contributed by atoms with Crippen LogP contribution in [0.3, 0.4) is 0 Å². The van der Waals surface area contributed by atoms with Crippen molar-refractivity contribution in [2.75, 3.05) is 18.4 Å². The molecular weight excluding hydrogens is 335 g/mol. The number of thiocarbonyl (C=S) groups is 1. The molecule has 0 bridgehead atoms. The third-order valence-electron chi connectivity index (χ3n) is 3.54. The Morgan fingerprint density at radius 2 is 1.64 bits per heavy atom.